The number of nitrogens with zero attached hydrogens (tertiary/aromatic N) is 5. The first kappa shape index (κ1) is 18.0. The molecule has 0 bridgehead atoms. The molecule has 2 atom stereocenters. The zero-order valence-electron chi connectivity index (χ0n) is 16.3. The van der Waals surface area contributed by atoms with Gasteiger partial charge in [-0.2, -0.15) is 0 Å². The molecular weight excluding hydrogens is 378 g/mol. The highest BCUT2D eigenvalue weighted by atomic mass is 19.2. The molecule has 0 spiro atoms. The van der Waals surface area contributed by atoms with Gasteiger partial charge in [-0.15, -0.1) is 0 Å². The number of halogens is 2. The first-order chi connectivity index (χ1) is 13.8. The van der Waals surface area contributed by atoms with Crippen LogP contribution in [-0.4, -0.2) is 44.1 Å². The Morgan fingerprint density at radius 3 is 2.41 bits per heavy atom. The summed E-state index contributed by atoms with van der Waals surface area (Å²) in [6.45, 7) is 5.82. The summed E-state index contributed by atoms with van der Waals surface area (Å²) in [6.07, 6.45) is 0. The van der Waals surface area contributed by atoms with Gasteiger partial charge in [-0.05, 0) is 26.0 Å². The topological polar surface area (TPSA) is 67.5 Å². The van der Waals surface area contributed by atoms with Crippen LogP contribution in [0.2, 0.25) is 0 Å². The van der Waals surface area contributed by atoms with E-state index in [1.165, 1.54) is 8.97 Å². The number of aromatic nitrogens is 4. The summed E-state index contributed by atoms with van der Waals surface area (Å²) in [4.78, 5) is 24.1. The Labute approximate surface area is 164 Å². The van der Waals surface area contributed by atoms with Gasteiger partial charge in [0, 0.05) is 44.4 Å². The lowest BCUT2D eigenvalue weighted by molar-refractivity contribution is 0.405. The molecule has 1 aliphatic rings. The lowest BCUT2D eigenvalue weighted by Gasteiger charge is -2.37. The molecule has 1 aromatic carbocycles. The third kappa shape index (κ3) is 2.68. The van der Waals surface area contributed by atoms with E-state index in [9.17, 15) is 13.6 Å². The summed E-state index contributed by atoms with van der Waals surface area (Å²) in [5.41, 5.74) is 1.33. The lowest BCUT2D eigenvalue weighted by Crippen LogP contribution is -2.54. The van der Waals surface area contributed by atoms with E-state index in [1.54, 1.807) is 7.05 Å². The van der Waals surface area contributed by atoms with Gasteiger partial charge >= 0.3 is 0 Å². The minimum atomic E-state index is -1.00. The fourth-order valence-electron chi connectivity index (χ4n) is 4.24. The van der Waals surface area contributed by atoms with Crippen LogP contribution in [-0.2, 0) is 7.05 Å². The Balaban J connectivity index is 1.84. The number of nitrogens with one attached hydrogen (secondary N) is 1. The van der Waals surface area contributed by atoms with E-state index >= 15 is 0 Å². The Morgan fingerprint density at radius 1 is 1.00 bits per heavy atom. The van der Waals surface area contributed by atoms with E-state index in [4.69, 9.17) is 4.98 Å². The van der Waals surface area contributed by atoms with E-state index in [1.807, 2.05) is 12.1 Å². The number of hydrogen-bond donors (Lipinski definition) is 1. The molecular formula is C20H20F2N6O. The molecule has 4 heterocycles. The van der Waals surface area contributed by atoms with Crippen molar-refractivity contribution in [1.82, 2.24) is 24.3 Å². The summed E-state index contributed by atoms with van der Waals surface area (Å²) < 4.78 is 30.7. The Kier molecular flexibility index (Phi) is 3.86. The van der Waals surface area contributed by atoms with Crippen molar-refractivity contribution in [3.63, 3.8) is 0 Å². The average Bonchev–Trinajstić information content (AvgIpc) is 3.04. The third-order valence-corrected chi connectivity index (χ3v) is 5.49. The molecule has 0 unspecified atom stereocenters. The van der Waals surface area contributed by atoms with Crippen molar-refractivity contribution in [2.75, 3.05) is 18.0 Å². The van der Waals surface area contributed by atoms with E-state index in [-0.39, 0.29) is 16.7 Å². The molecule has 1 aliphatic heterocycles. The molecule has 1 N–H and O–H groups in total. The first-order valence-electron chi connectivity index (χ1n) is 9.51. The number of benzene rings is 1. The van der Waals surface area contributed by atoms with Crippen LogP contribution in [0.3, 0.4) is 0 Å². The van der Waals surface area contributed by atoms with Crippen LogP contribution in [0.1, 0.15) is 13.8 Å². The van der Waals surface area contributed by atoms with Crippen LogP contribution in [0.15, 0.2) is 29.1 Å². The Morgan fingerprint density at radius 2 is 1.69 bits per heavy atom. The summed E-state index contributed by atoms with van der Waals surface area (Å²) in [5.74, 6) is -1.23. The van der Waals surface area contributed by atoms with Gasteiger partial charge in [-0.25, -0.2) is 18.7 Å². The maximum atomic E-state index is 14.0. The van der Waals surface area contributed by atoms with Crippen molar-refractivity contribution in [2.24, 2.45) is 7.05 Å². The van der Waals surface area contributed by atoms with Gasteiger partial charge in [0.05, 0.1) is 16.6 Å². The zero-order valence-corrected chi connectivity index (χ0v) is 16.3. The number of pyridine rings is 1. The second kappa shape index (κ2) is 6.21. The SMILES string of the molecule is C[C@@H]1CN(c2ccc3c(n2)n2c(nc4cc(F)c(F)cc42)c(=O)n3C)C[C@H](C)N1. The summed E-state index contributed by atoms with van der Waals surface area (Å²) in [5, 5.41) is 3.49. The minimum absolute atomic E-state index is 0.0895. The maximum absolute atomic E-state index is 14.0. The van der Waals surface area contributed by atoms with Gasteiger partial charge in [-0.3, -0.25) is 9.20 Å². The van der Waals surface area contributed by atoms with Crippen molar-refractivity contribution >= 4 is 33.7 Å². The molecule has 5 rings (SSSR count). The van der Waals surface area contributed by atoms with Crippen LogP contribution in [0.4, 0.5) is 14.6 Å². The summed E-state index contributed by atoms with van der Waals surface area (Å²) in [6, 6.07) is 6.41. The van der Waals surface area contributed by atoms with Gasteiger partial charge in [0.1, 0.15) is 5.82 Å². The van der Waals surface area contributed by atoms with Crippen molar-refractivity contribution in [3.05, 3.63) is 46.3 Å². The quantitative estimate of drug-likeness (QED) is 0.533. The number of rotatable bonds is 1. The molecule has 3 aromatic heterocycles. The molecule has 1 fully saturated rings. The van der Waals surface area contributed by atoms with Gasteiger partial charge < -0.3 is 14.8 Å². The minimum Gasteiger partial charge on any atom is -0.353 e. The van der Waals surface area contributed by atoms with Crippen molar-refractivity contribution < 1.29 is 8.78 Å². The van der Waals surface area contributed by atoms with Crippen LogP contribution in [0, 0.1) is 11.6 Å². The molecule has 0 aliphatic carbocycles. The Hall–Kier alpha value is -3.07. The molecule has 0 saturated carbocycles. The van der Waals surface area contributed by atoms with E-state index in [2.05, 4.69) is 29.0 Å². The molecule has 4 aromatic rings. The second-order valence-corrected chi connectivity index (χ2v) is 7.78. The Bertz CT molecular complexity index is 1330. The van der Waals surface area contributed by atoms with Crippen molar-refractivity contribution in [1.29, 1.82) is 0 Å². The van der Waals surface area contributed by atoms with Crippen LogP contribution >= 0.6 is 0 Å². The van der Waals surface area contributed by atoms with Crippen LogP contribution in [0.25, 0.3) is 27.8 Å². The predicted molar refractivity (Wildman–Crippen MR) is 107 cm³/mol. The molecule has 1 saturated heterocycles. The predicted octanol–water partition coefficient (Wildman–Crippen LogP) is 2.20. The van der Waals surface area contributed by atoms with E-state index in [0.29, 0.717) is 28.8 Å². The van der Waals surface area contributed by atoms with E-state index < -0.39 is 11.6 Å². The highest BCUT2D eigenvalue weighted by molar-refractivity contribution is 5.87. The van der Waals surface area contributed by atoms with Crippen molar-refractivity contribution in [3.8, 4) is 0 Å². The highest BCUT2D eigenvalue weighted by Crippen LogP contribution is 2.25. The van der Waals surface area contributed by atoms with Crippen LogP contribution in [0.5, 0.6) is 0 Å². The van der Waals surface area contributed by atoms with Gasteiger partial charge in [0.15, 0.2) is 17.3 Å². The monoisotopic (exact) mass is 398 g/mol. The zero-order chi connectivity index (χ0) is 20.4. The number of imidazole rings is 1. The van der Waals surface area contributed by atoms with Gasteiger partial charge in [0.2, 0.25) is 5.65 Å². The smallest absolute Gasteiger partial charge is 0.294 e. The fraction of sp³-hybridized carbons (Fsp3) is 0.350. The maximum Gasteiger partial charge on any atom is 0.294 e. The van der Waals surface area contributed by atoms with Gasteiger partial charge in [-0.1, -0.05) is 0 Å². The number of fused-ring (bicyclic) bond motifs is 5. The number of anilines is 1. The normalized spacial score (nSPS) is 20.2. The first-order valence-corrected chi connectivity index (χ1v) is 9.51. The van der Waals surface area contributed by atoms with Crippen molar-refractivity contribution in [2.45, 2.75) is 25.9 Å². The summed E-state index contributed by atoms with van der Waals surface area (Å²) in [7, 11) is 1.64. The van der Waals surface area contributed by atoms with E-state index in [0.717, 1.165) is 31.0 Å². The molecule has 9 heteroatoms. The average molecular weight is 398 g/mol. The standard InChI is InChI=1S/C20H20F2N6O/c1-10-8-27(9-11(2)23-10)17-5-4-15-18(25-17)28-16-7-13(22)12(21)6-14(16)24-19(28)20(29)26(15)3/h4-7,10-11,23H,8-9H2,1-3H3/t10-,11+. The largest absolute Gasteiger partial charge is 0.353 e. The number of aryl methyl sites for hydroxylation is 1. The molecule has 0 amide bonds. The number of hydrogen-bond acceptors (Lipinski definition) is 5. The molecule has 0 radical (unpaired) electrons. The third-order valence-electron chi connectivity index (χ3n) is 5.49. The molecule has 150 valence electrons. The molecule has 29 heavy (non-hydrogen) atoms. The fourth-order valence-corrected chi connectivity index (χ4v) is 4.24. The number of piperazine rings is 1. The van der Waals surface area contributed by atoms with Crippen LogP contribution < -0.4 is 15.8 Å². The summed E-state index contributed by atoms with van der Waals surface area (Å²) >= 11 is 0. The highest BCUT2D eigenvalue weighted by Gasteiger charge is 2.23. The molecule has 7 nitrogen and oxygen atoms in total. The second-order valence-electron chi connectivity index (χ2n) is 7.78. The van der Waals surface area contributed by atoms with Gasteiger partial charge in [0.25, 0.3) is 5.56 Å². The lowest BCUT2D eigenvalue weighted by atomic mass is 10.1.